The average Bonchev–Trinajstić information content (AvgIpc) is 2.29. The summed E-state index contributed by atoms with van der Waals surface area (Å²) in [6, 6.07) is 9.25. The molecule has 0 saturated heterocycles. The summed E-state index contributed by atoms with van der Waals surface area (Å²) in [5.74, 6) is -0.0383. The Hall–Kier alpha value is -1.47. The van der Waals surface area contributed by atoms with E-state index in [2.05, 4.69) is 18.7 Å². The Morgan fingerprint density at radius 3 is 2.47 bits per heavy atom. The van der Waals surface area contributed by atoms with Gasteiger partial charge in [0.05, 0.1) is 12.5 Å². The molecule has 0 bridgehead atoms. The fourth-order valence-corrected chi connectivity index (χ4v) is 1.68. The Bertz CT molecular complexity index is 420. The number of amides is 1. The van der Waals surface area contributed by atoms with Crippen molar-refractivity contribution in [2.24, 2.45) is 0 Å². The van der Waals surface area contributed by atoms with Crippen molar-refractivity contribution in [2.75, 3.05) is 6.54 Å². The van der Waals surface area contributed by atoms with E-state index in [0.29, 0.717) is 18.5 Å². The van der Waals surface area contributed by atoms with Crippen LogP contribution in [-0.4, -0.2) is 23.4 Å². The molecule has 3 nitrogen and oxygen atoms in total. The normalized spacial score (nSPS) is 10.1. The molecular formula is C13H16N2OS. The number of nitriles is 1. The van der Waals surface area contributed by atoms with Crippen LogP contribution >= 0.6 is 12.6 Å². The predicted octanol–water partition coefficient (Wildman–Crippen LogP) is 2.74. The van der Waals surface area contributed by atoms with Gasteiger partial charge >= 0.3 is 0 Å². The van der Waals surface area contributed by atoms with Crippen molar-refractivity contribution in [1.29, 1.82) is 5.26 Å². The molecule has 0 aliphatic rings. The maximum Gasteiger partial charge on any atom is 0.254 e. The van der Waals surface area contributed by atoms with Gasteiger partial charge < -0.3 is 4.90 Å². The number of rotatable bonds is 4. The van der Waals surface area contributed by atoms with Crippen molar-refractivity contribution in [3.63, 3.8) is 0 Å². The molecule has 4 heteroatoms. The molecule has 1 aromatic carbocycles. The summed E-state index contributed by atoms with van der Waals surface area (Å²) in [6.07, 6.45) is 0.356. The van der Waals surface area contributed by atoms with Crippen LogP contribution in [-0.2, 0) is 0 Å². The molecule has 0 aliphatic heterocycles. The summed E-state index contributed by atoms with van der Waals surface area (Å²) in [4.78, 5) is 14.7. The second kappa shape index (κ2) is 6.31. The van der Waals surface area contributed by atoms with E-state index in [1.165, 1.54) is 0 Å². The number of hydrogen-bond donors (Lipinski definition) is 1. The van der Waals surface area contributed by atoms with Gasteiger partial charge in [-0.05, 0) is 38.1 Å². The summed E-state index contributed by atoms with van der Waals surface area (Å²) in [5.41, 5.74) is 0.634. The molecule has 0 radical (unpaired) electrons. The molecule has 0 fully saturated rings. The maximum atomic E-state index is 12.2. The zero-order chi connectivity index (χ0) is 12.8. The first-order valence-corrected chi connectivity index (χ1v) is 5.98. The fourth-order valence-electron chi connectivity index (χ4n) is 1.53. The summed E-state index contributed by atoms with van der Waals surface area (Å²) in [6.45, 7) is 4.36. The highest BCUT2D eigenvalue weighted by atomic mass is 32.1. The molecule has 17 heavy (non-hydrogen) atoms. The number of hydrogen-bond acceptors (Lipinski definition) is 3. The number of thiol groups is 1. The molecule has 90 valence electrons. The molecule has 0 heterocycles. The van der Waals surface area contributed by atoms with Crippen LogP contribution < -0.4 is 0 Å². The highest BCUT2D eigenvalue weighted by molar-refractivity contribution is 7.80. The Morgan fingerprint density at radius 1 is 1.41 bits per heavy atom. The lowest BCUT2D eigenvalue weighted by Gasteiger charge is -2.25. The van der Waals surface area contributed by atoms with Gasteiger partial charge in [0.25, 0.3) is 5.91 Å². The highest BCUT2D eigenvalue weighted by Crippen LogP contribution is 2.12. The lowest BCUT2D eigenvalue weighted by Crippen LogP contribution is -2.37. The molecule has 0 aromatic heterocycles. The van der Waals surface area contributed by atoms with Gasteiger partial charge in [-0.15, -0.1) is 12.6 Å². The minimum Gasteiger partial charge on any atom is -0.335 e. The quantitative estimate of drug-likeness (QED) is 0.833. The zero-order valence-corrected chi connectivity index (χ0v) is 10.9. The van der Waals surface area contributed by atoms with Crippen LogP contribution in [0.5, 0.6) is 0 Å². The number of carbonyl (C=O) groups is 1. The van der Waals surface area contributed by atoms with Gasteiger partial charge in [0.2, 0.25) is 0 Å². The van der Waals surface area contributed by atoms with E-state index in [0.717, 1.165) is 4.90 Å². The predicted molar refractivity (Wildman–Crippen MR) is 70.1 cm³/mol. The van der Waals surface area contributed by atoms with E-state index in [9.17, 15) is 4.79 Å². The number of nitrogens with zero attached hydrogens (tertiary/aromatic N) is 2. The summed E-state index contributed by atoms with van der Waals surface area (Å²) in [7, 11) is 0. The molecule has 0 unspecified atom stereocenters. The standard InChI is InChI=1S/C13H16N2OS/c1-10(2)15(9-3-8-14)13(16)11-4-6-12(17)7-5-11/h4-7,10,17H,3,9H2,1-2H3. The van der Waals surface area contributed by atoms with E-state index < -0.39 is 0 Å². The van der Waals surface area contributed by atoms with E-state index in [1.54, 1.807) is 29.2 Å². The average molecular weight is 248 g/mol. The van der Waals surface area contributed by atoms with E-state index in [-0.39, 0.29) is 11.9 Å². The Balaban J connectivity index is 2.84. The fraction of sp³-hybridized carbons (Fsp3) is 0.385. The van der Waals surface area contributed by atoms with E-state index in [1.807, 2.05) is 13.8 Å². The molecule has 0 saturated carbocycles. The third kappa shape index (κ3) is 3.79. The van der Waals surface area contributed by atoms with Gasteiger partial charge in [-0.25, -0.2) is 0 Å². The van der Waals surface area contributed by atoms with Crippen molar-refractivity contribution >= 4 is 18.5 Å². The van der Waals surface area contributed by atoms with Crippen molar-refractivity contribution in [2.45, 2.75) is 31.2 Å². The van der Waals surface area contributed by atoms with Gasteiger partial charge in [0.1, 0.15) is 0 Å². The minimum absolute atomic E-state index is 0.0383. The zero-order valence-electron chi connectivity index (χ0n) is 10.1. The second-order valence-electron chi connectivity index (χ2n) is 4.05. The minimum atomic E-state index is -0.0383. The smallest absolute Gasteiger partial charge is 0.254 e. The Kier molecular flexibility index (Phi) is 5.05. The van der Waals surface area contributed by atoms with Crippen molar-refractivity contribution < 1.29 is 4.79 Å². The lowest BCUT2D eigenvalue weighted by molar-refractivity contribution is 0.0710. The second-order valence-corrected chi connectivity index (χ2v) is 4.56. The largest absolute Gasteiger partial charge is 0.335 e. The first-order chi connectivity index (χ1) is 8.06. The van der Waals surface area contributed by atoms with Crippen molar-refractivity contribution in [3.05, 3.63) is 29.8 Å². The monoisotopic (exact) mass is 248 g/mol. The Labute approximate surface area is 107 Å². The van der Waals surface area contributed by atoms with Gasteiger partial charge in [0, 0.05) is 23.0 Å². The first kappa shape index (κ1) is 13.6. The van der Waals surface area contributed by atoms with Crippen LogP contribution in [0.3, 0.4) is 0 Å². The molecule has 0 spiro atoms. The molecule has 0 atom stereocenters. The third-order valence-corrected chi connectivity index (χ3v) is 2.76. The van der Waals surface area contributed by atoms with Gasteiger partial charge in [-0.1, -0.05) is 0 Å². The van der Waals surface area contributed by atoms with Crippen LogP contribution in [0.2, 0.25) is 0 Å². The van der Waals surface area contributed by atoms with Crippen molar-refractivity contribution in [3.8, 4) is 6.07 Å². The van der Waals surface area contributed by atoms with Gasteiger partial charge in [-0.2, -0.15) is 5.26 Å². The van der Waals surface area contributed by atoms with E-state index in [4.69, 9.17) is 5.26 Å². The SMILES string of the molecule is CC(C)N(CCC#N)C(=O)c1ccc(S)cc1. The van der Waals surface area contributed by atoms with Gasteiger partial charge in [0.15, 0.2) is 0 Å². The topological polar surface area (TPSA) is 44.1 Å². The molecule has 0 N–H and O–H groups in total. The van der Waals surface area contributed by atoms with Crippen LogP contribution in [0.4, 0.5) is 0 Å². The summed E-state index contributed by atoms with van der Waals surface area (Å²) >= 11 is 4.18. The lowest BCUT2D eigenvalue weighted by atomic mass is 10.1. The number of carbonyl (C=O) groups excluding carboxylic acids is 1. The van der Waals surface area contributed by atoms with Crippen LogP contribution in [0.1, 0.15) is 30.6 Å². The summed E-state index contributed by atoms with van der Waals surface area (Å²) < 4.78 is 0. The van der Waals surface area contributed by atoms with Crippen molar-refractivity contribution in [1.82, 2.24) is 4.90 Å². The molecule has 1 rings (SSSR count). The van der Waals surface area contributed by atoms with Gasteiger partial charge in [-0.3, -0.25) is 4.79 Å². The molecule has 1 amide bonds. The van der Waals surface area contributed by atoms with Crippen LogP contribution in [0.15, 0.2) is 29.2 Å². The Morgan fingerprint density at radius 2 is 2.00 bits per heavy atom. The number of benzene rings is 1. The molecular weight excluding hydrogens is 232 g/mol. The maximum absolute atomic E-state index is 12.2. The molecule has 1 aromatic rings. The van der Waals surface area contributed by atoms with E-state index >= 15 is 0 Å². The van der Waals surface area contributed by atoms with Crippen LogP contribution in [0, 0.1) is 11.3 Å². The molecule has 0 aliphatic carbocycles. The third-order valence-electron chi connectivity index (χ3n) is 2.46. The summed E-state index contributed by atoms with van der Waals surface area (Å²) in [5, 5.41) is 8.59. The highest BCUT2D eigenvalue weighted by Gasteiger charge is 2.17. The first-order valence-electron chi connectivity index (χ1n) is 5.53. The van der Waals surface area contributed by atoms with Crippen LogP contribution in [0.25, 0.3) is 0 Å².